The molecule has 0 amide bonds. The number of rotatable bonds is 7. The number of benzene rings is 2. The Morgan fingerprint density at radius 2 is 1.82 bits per heavy atom. The van der Waals surface area contributed by atoms with E-state index in [1.54, 1.807) is 0 Å². The third-order valence-electron chi connectivity index (χ3n) is 6.29. The highest BCUT2D eigenvalue weighted by Crippen LogP contribution is 2.36. The maximum absolute atomic E-state index is 14.3. The van der Waals surface area contributed by atoms with Crippen LogP contribution in [0, 0.1) is 18.6 Å². The lowest BCUT2D eigenvalue weighted by atomic mass is 10.0. The maximum Gasteiger partial charge on any atom is 0.264 e. The molecule has 38 heavy (non-hydrogen) atoms. The van der Waals surface area contributed by atoms with Crippen LogP contribution in [0.5, 0.6) is 11.6 Å². The van der Waals surface area contributed by atoms with Crippen LogP contribution in [0.25, 0.3) is 22.0 Å². The standard InChI is InChI=1S/C26H25F2N5O4S/c1-15-20-9-16(11-23(25(20)32-14-31-15)37-19-5-7-29-8-6-19)17-10-22(26(36-2)30-13-17)33-38(34,35)24-4-3-18(27)12-21(24)28/h3-4,9-14,19,29,33H,5-8H2,1-2H3. The Balaban J connectivity index is 1.57. The Morgan fingerprint density at radius 1 is 1.03 bits per heavy atom. The van der Waals surface area contributed by atoms with Gasteiger partial charge in [-0.2, -0.15) is 0 Å². The number of anilines is 1. The largest absolute Gasteiger partial charge is 0.488 e. The normalized spacial score (nSPS) is 14.4. The Kier molecular flexibility index (Phi) is 7.09. The maximum atomic E-state index is 14.3. The second-order valence-electron chi connectivity index (χ2n) is 8.86. The lowest BCUT2D eigenvalue weighted by Crippen LogP contribution is -2.34. The second-order valence-corrected chi connectivity index (χ2v) is 10.5. The van der Waals surface area contributed by atoms with E-state index in [4.69, 9.17) is 9.47 Å². The van der Waals surface area contributed by atoms with Crippen molar-refractivity contribution in [2.24, 2.45) is 0 Å². The summed E-state index contributed by atoms with van der Waals surface area (Å²) in [7, 11) is -3.09. The lowest BCUT2D eigenvalue weighted by Gasteiger charge is -2.24. The van der Waals surface area contributed by atoms with E-state index >= 15 is 0 Å². The summed E-state index contributed by atoms with van der Waals surface area (Å²) in [6.45, 7) is 3.58. The van der Waals surface area contributed by atoms with Gasteiger partial charge in [0.05, 0.1) is 7.11 Å². The molecule has 198 valence electrons. The van der Waals surface area contributed by atoms with Gasteiger partial charge in [-0.1, -0.05) is 0 Å². The van der Waals surface area contributed by atoms with E-state index in [1.165, 1.54) is 25.7 Å². The molecule has 2 aromatic heterocycles. The number of hydrogen-bond donors (Lipinski definition) is 2. The summed E-state index contributed by atoms with van der Waals surface area (Å²) < 4.78 is 67.4. The fourth-order valence-electron chi connectivity index (χ4n) is 4.35. The van der Waals surface area contributed by atoms with Crippen LogP contribution in [0.3, 0.4) is 0 Å². The zero-order valence-corrected chi connectivity index (χ0v) is 21.5. The predicted molar refractivity (Wildman–Crippen MR) is 138 cm³/mol. The zero-order valence-electron chi connectivity index (χ0n) is 20.7. The predicted octanol–water partition coefficient (Wildman–Crippen LogP) is 4.22. The molecule has 0 spiro atoms. The van der Waals surface area contributed by atoms with Gasteiger partial charge in [0.15, 0.2) is 0 Å². The molecule has 0 radical (unpaired) electrons. The van der Waals surface area contributed by atoms with Gasteiger partial charge in [0.25, 0.3) is 10.0 Å². The first-order valence-corrected chi connectivity index (χ1v) is 13.4. The quantitative estimate of drug-likeness (QED) is 0.358. The van der Waals surface area contributed by atoms with Crippen molar-refractivity contribution in [3.05, 3.63) is 66.3 Å². The highest BCUT2D eigenvalue weighted by atomic mass is 32.2. The molecule has 1 aliphatic rings. The minimum absolute atomic E-state index is 0.0179. The number of nitrogens with one attached hydrogen (secondary N) is 2. The molecule has 3 heterocycles. The lowest BCUT2D eigenvalue weighted by molar-refractivity contribution is 0.164. The molecule has 0 saturated carbocycles. The van der Waals surface area contributed by atoms with Gasteiger partial charge in [-0.25, -0.2) is 32.2 Å². The molecule has 4 aromatic rings. The van der Waals surface area contributed by atoms with E-state index in [9.17, 15) is 17.2 Å². The summed E-state index contributed by atoms with van der Waals surface area (Å²) in [6.07, 6.45) is 4.75. The van der Waals surface area contributed by atoms with Gasteiger partial charge in [0, 0.05) is 28.9 Å². The molecular formula is C26H25F2N5O4S. The van der Waals surface area contributed by atoms with Crippen LogP contribution in [0.2, 0.25) is 0 Å². The molecular weight excluding hydrogens is 516 g/mol. The third kappa shape index (κ3) is 5.22. The third-order valence-corrected chi connectivity index (χ3v) is 7.69. The summed E-state index contributed by atoms with van der Waals surface area (Å²) in [4.78, 5) is 12.3. The number of methoxy groups -OCH3 is 1. The van der Waals surface area contributed by atoms with Gasteiger partial charge in [-0.15, -0.1) is 0 Å². The van der Waals surface area contributed by atoms with Gasteiger partial charge in [0.1, 0.15) is 45.9 Å². The average molecular weight is 542 g/mol. The summed E-state index contributed by atoms with van der Waals surface area (Å²) in [5.74, 6) is -1.54. The fraction of sp³-hybridized carbons (Fsp3) is 0.269. The smallest absolute Gasteiger partial charge is 0.264 e. The Morgan fingerprint density at radius 3 is 2.55 bits per heavy atom. The molecule has 0 atom stereocenters. The molecule has 12 heteroatoms. The van der Waals surface area contributed by atoms with E-state index in [0.717, 1.165) is 49.1 Å². The van der Waals surface area contributed by atoms with Crippen LogP contribution >= 0.6 is 0 Å². The van der Waals surface area contributed by atoms with E-state index in [1.807, 2.05) is 19.1 Å². The number of fused-ring (bicyclic) bond motifs is 1. The number of aromatic nitrogens is 3. The average Bonchev–Trinajstić information content (AvgIpc) is 2.89. The monoisotopic (exact) mass is 541 g/mol. The minimum atomic E-state index is -4.42. The topological polar surface area (TPSA) is 115 Å². The molecule has 0 bridgehead atoms. The molecule has 2 aromatic carbocycles. The van der Waals surface area contributed by atoms with Crippen molar-refractivity contribution >= 4 is 26.6 Å². The molecule has 9 nitrogen and oxygen atoms in total. The number of ether oxygens (including phenoxy) is 2. The fourth-order valence-corrected chi connectivity index (χ4v) is 5.46. The summed E-state index contributed by atoms with van der Waals surface area (Å²) in [5, 5.41) is 4.09. The number of aryl methyl sites for hydroxylation is 1. The summed E-state index contributed by atoms with van der Waals surface area (Å²) >= 11 is 0. The van der Waals surface area contributed by atoms with Crippen molar-refractivity contribution < 1.29 is 26.7 Å². The molecule has 1 fully saturated rings. The van der Waals surface area contributed by atoms with Gasteiger partial charge < -0.3 is 14.8 Å². The molecule has 1 saturated heterocycles. The van der Waals surface area contributed by atoms with E-state index in [0.29, 0.717) is 28.5 Å². The molecule has 5 rings (SSSR count). The van der Waals surface area contributed by atoms with Crippen LogP contribution in [-0.2, 0) is 10.0 Å². The Hall–Kier alpha value is -3.90. The van der Waals surface area contributed by atoms with Crippen molar-refractivity contribution in [3.8, 4) is 22.8 Å². The molecule has 0 unspecified atom stereocenters. The summed E-state index contributed by atoms with van der Waals surface area (Å²) in [6, 6.07) is 7.46. The van der Waals surface area contributed by atoms with Gasteiger partial charge in [-0.05, 0) is 68.8 Å². The number of sulfonamides is 1. The van der Waals surface area contributed by atoms with Gasteiger partial charge >= 0.3 is 0 Å². The zero-order chi connectivity index (χ0) is 26.9. The van der Waals surface area contributed by atoms with E-state index < -0.39 is 26.6 Å². The van der Waals surface area contributed by atoms with Crippen LogP contribution < -0.4 is 19.5 Å². The molecule has 2 N–H and O–H groups in total. The SMILES string of the molecule is COc1ncc(-c2cc(OC3CCNCC3)c3ncnc(C)c3c2)cc1NS(=O)(=O)c1ccc(F)cc1F. The van der Waals surface area contributed by atoms with Gasteiger partial charge in [0.2, 0.25) is 5.88 Å². The van der Waals surface area contributed by atoms with Crippen molar-refractivity contribution in [1.29, 1.82) is 0 Å². The van der Waals surface area contributed by atoms with Gasteiger partial charge in [-0.3, -0.25) is 4.72 Å². The molecule has 1 aliphatic heterocycles. The van der Waals surface area contributed by atoms with E-state index in [-0.39, 0.29) is 17.7 Å². The Labute approximate surface area is 218 Å². The molecule has 0 aliphatic carbocycles. The highest BCUT2D eigenvalue weighted by molar-refractivity contribution is 7.92. The van der Waals surface area contributed by atoms with E-state index in [2.05, 4.69) is 25.0 Å². The first-order valence-electron chi connectivity index (χ1n) is 11.9. The number of nitrogens with zero attached hydrogens (tertiary/aromatic N) is 3. The number of hydrogen-bond acceptors (Lipinski definition) is 8. The van der Waals surface area contributed by atoms with Crippen LogP contribution in [-0.4, -0.2) is 49.7 Å². The Bertz CT molecular complexity index is 1610. The van der Waals surface area contributed by atoms with Crippen molar-refractivity contribution in [1.82, 2.24) is 20.3 Å². The number of piperidine rings is 1. The highest BCUT2D eigenvalue weighted by Gasteiger charge is 2.23. The van der Waals surface area contributed by atoms with Crippen molar-refractivity contribution in [3.63, 3.8) is 0 Å². The first kappa shape index (κ1) is 25.7. The second kappa shape index (κ2) is 10.5. The first-order chi connectivity index (χ1) is 18.2. The van der Waals surface area contributed by atoms with Crippen molar-refractivity contribution in [2.45, 2.75) is 30.8 Å². The van der Waals surface area contributed by atoms with Crippen LogP contribution in [0.15, 0.2) is 53.8 Å². The van der Waals surface area contributed by atoms with Crippen LogP contribution in [0.1, 0.15) is 18.5 Å². The minimum Gasteiger partial charge on any atom is -0.488 e. The summed E-state index contributed by atoms with van der Waals surface area (Å²) in [5.41, 5.74) is 2.64. The number of pyridine rings is 1. The van der Waals surface area contributed by atoms with Crippen LogP contribution in [0.4, 0.5) is 14.5 Å². The van der Waals surface area contributed by atoms with Crippen molar-refractivity contribution in [2.75, 3.05) is 24.9 Å². The number of halogens is 2.